The average molecular weight is 209 g/mol. The summed E-state index contributed by atoms with van der Waals surface area (Å²) in [4.78, 5) is 13.4. The van der Waals surface area contributed by atoms with Crippen molar-refractivity contribution >= 4 is 5.91 Å². The first-order chi connectivity index (χ1) is 7.16. The maximum absolute atomic E-state index is 11.7. The van der Waals surface area contributed by atoms with Gasteiger partial charge in [-0.25, -0.2) is 0 Å². The molecule has 1 heterocycles. The van der Waals surface area contributed by atoms with Crippen LogP contribution in [0.15, 0.2) is 6.20 Å². The number of nitrogens with two attached hydrogens (primary N) is 1. The Bertz CT molecular complexity index is 330. The van der Waals surface area contributed by atoms with E-state index in [1.807, 2.05) is 0 Å². The molecule has 15 heavy (non-hydrogen) atoms. The number of carbonyl (C=O) groups excluding carboxylic acids is 1. The van der Waals surface area contributed by atoms with Crippen LogP contribution in [0.25, 0.3) is 0 Å². The number of hydrogen-bond donors (Lipinski definition) is 2. The Balaban J connectivity index is 1.86. The van der Waals surface area contributed by atoms with Gasteiger partial charge in [-0.05, 0) is 18.8 Å². The maximum Gasteiger partial charge on any atom is 0.275 e. The predicted molar refractivity (Wildman–Crippen MR) is 54.0 cm³/mol. The number of nitrogens with one attached hydrogen (secondary N) is 1. The molecule has 82 valence electrons. The first-order valence-electron chi connectivity index (χ1n) is 5.03. The van der Waals surface area contributed by atoms with Gasteiger partial charge in [0.1, 0.15) is 0 Å². The van der Waals surface area contributed by atoms with Crippen LogP contribution in [0.1, 0.15) is 23.3 Å². The van der Waals surface area contributed by atoms with Gasteiger partial charge < -0.3 is 10.6 Å². The van der Waals surface area contributed by atoms with E-state index >= 15 is 0 Å². The van der Waals surface area contributed by atoms with E-state index in [1.165, 1.54) is 6.20 Å². The quantitative estimate of drug-likeness (QED) is 0.710. The summed E-state index contributed by atoms with van der Waals surface area (Å²) in [6.45, 7) is 0.749. The van der Waals surface area contributed by atoms with Crippen molar-refractivity contribution in [3.8, 4) is 0 Å². The SMILES string of the molecule is CN(CC1CC(N)C1)C(=O)c1cn[nH]n1. The van der Waals surface area contributed by atoms with Gasteiger partial charge in [0.05, 0.1) is 6.20 Å². The third-order valence-electron chi connectivity index (χ3n) is 2.79. The van der Waals surface area contributed by atoms with Gasteiger partial charge in [0, 0.05) is 19.6 Å². The lowest BCUT2D eigenvalue weighted by Gasteiger charge is -2.35. The second-order valence-corrected chi connectivity index (χ2v) is 4.14. The highest BCUT2D eigenvalue weighted by Gasteiger charge is 2.28. The van der Waals surface area contributed by atoms with E-state index in [4.69, 9.17) is 5.73 Å². The molecule has 0 aromatic carbocycles. The van der Waals surface area contributed by atoms with Crippen LogP contribution in [0.4, 0.5) is 0 Å². The van der Waals surface area contributed by atoms with Crippen LogP contribution in [-0.4, -0.2) is 45.9 Å². The molecule has 1 aliphatic rings. The van der Waals surface area contributed by atoms with Gasteiger partial charge in [-0.15, -0.1) is 0 Å². The molecule has 0 spiro atoms. The van der Waals surface area contributed by atoms with E-state index < -0.39 is 0 Å². The van der Waals surface area contributed by atoms with Crippen LogP contribution in [0, 0.1) is 5.92 Å². The van der Waals surface area contributed by atoms with E-state index in [-0.39, 0.29) is 5.91 Å². The van der Waals surface area contributed by atoms with Crippen molar-refractivity contribution in [3.63, 3.8) is 0 Å². The van der Waals surface area contributed by atoms with Gasteiger partial charge in [0.2, 0.25) is 0 Å². The van der Waals surface area contributed by atoms with Gasteiger partial charge >= 0.3 is 0 Å². The fourth-order valence-corrected chi connectivity index (χ4v) is 1.91. The van der Waals surface area contributed by atoms with E-state index in [0.717, 1.165) is 19.4 Å². The highest BCUT2D eigenvalue weighted by molar-refractivity contribution is 5.91. The Morgan fingerprint density at radius 2 is 2.47 bits per heavy atom. The summed E-state index contributed by atoms with van der Waals surface area (Å²) in [5, 5.41) is 9.79. The summed E-state index contributed by atoms with van der Waals surface area (Å²) < 4.78 is 0. The number of hydrogen-bond acceptors (Lipinski definition) is 4. The minimum Gasteiger partial charge on any atom is -0.340 e. The molecule has 0 saturated heterocycles. The lowest BCUT2D eigenvalue weighted by molar-refractivity contribution is 0.0728. The maximum atomic E-state index is 11.7. The second-order valence-electron chi connectivity index (χ2n) is 4.14. The van der Waals surface area contributed by atoms with Gasteiger partial charge in [0.25, 0.3) is 5.91 Å². The van der Waals surface area contributed by atoms with Crippen LogP contribution in [0.3, 0.4) is 0 Å². The summed E-state index contributed by atoms with van der Waals surface area (Å²) in [5.41, 5.74) is 6.05. The molecule has 6 heteroatoms. The van der Waals surface area contributed by atoms with Gasteiger partial charge in [-0.1, -0.05) is 0 Å². The Morgan fingerprint density at radius 1 is 1.73 bits per heavy atom. The Morgan fingerprint density at radius 3 is 3.00 bits per heavy atom. The number of aromatic amines is 1. The van der Waals surface area contributed by atoms with Gasteiger partial charge in [-0.2, -0.15) is 15.4 Å². The highest BCUT2D eigenvalue weighted by atomic mass is 16.2. The molecule has 0 aliphatic heterocycles. The lowest BCUT2D eigenvalue weighted by Crippen LogP contribution is -2.43. The third-order valence-corrected chi connectivity index (χ3v) is 2.79. The van der Waals surface area contributed by atoms with Gasteiger partial charge in [-0.3, -0.25) is 4.79 Å². The molecule has 1 amide bonds. The molecule has 1 saturated carbocycles. The standard InChI is InChI=1S/C9H15N5O/c1-14(5-6-2-7(10)3-6)9(15)8-4-11-13-12-8/h4,6-7H,2-3,5,10H2,1H3,(H,11,12,13). The zero-order valence-electron chi connectivity index (χ0n) is 8.68. The van der Waals surface area contributed by atoms with Crippen molar-refractivity contribution in [2.45, 2.75) is 18.9 Å². The molecule has 3 N–H and O–H groups in total. The predicted octanol–water partition coefficient (Wildman–Crippen LogP) is -0.386. The summed E-state index contributed by atoms with van der Waals surface area (Å²) >= 11 is 0. The van der Waals surface area contributed by atoms with Crippen molar-refractivity contribution in [1.29, 1.82) is 0 Å². The fourth-order valence-electron chi connectivity index (χ4n) is 1.91. The Kier molecular flexibility index (Phi) is 2.68. The third kappa shape index (κ3) is 2.15. The first kappa shape index (κ1) is 10.1. The summed E-state index contributed by atoms with van der Waals surface area (Å²) in [7, 11) is 1.78. The normalized spacial score (nSPS) is 24.7. The molecule has 6 nitrogen and oxygen atoms in total. The minimum atomic E-state index is -0.0933. The van der Waals surface area contributed by atoms with Crippen molar-refractivity contribution in [2.75, 3.05) is 13.6 Å². The van der Waals surface area contributed by atoms with Crippen LogP contribution in [-0.2, 0) is 0 Å². The molecule has 0 bridgehead atoms. The van der Waals surface area contributed by atoms with Crippen LogP contribution in [0.5, 0.6) is 0 Å². The van der Waals surface area contributed by atoms with E-state index in [9.17, 15) is 4.79 Å². The zero-order chi connectivity index (χ0) is 10.8. The molecule has 0 atom stereocenters. The van der Waals surface area contributed by atoms with Crippen molar-refractivity contribution in [1.82, 2.24) is 20.3 Å². The second kappa shape index (κ2) is 3.98. The molecule has 0 unspecified atom stereocenters. The lowest BCUT2D eigenvalue weighted by atomic mass is 9.80. The number of H-pyrrole nitrogens is 1. The van der Waals surface area contributed by atoms with E-state index in [2.05, 4.69) is 15.4 Å². The molecule has 1 aromatic heterocycles. The largest absolute Gasteiger partial charge is 0.340 e. The first-order valence-corrected chi connectivity index (χ1v) is 5.03. The molecule has 2 rings (SSSR count). The number of rotatable bonds is 3. The van der Waals surface area contributed by atoms with E-state index in [0.29, 0.717) is 17.7 Å². The summed E-state index contributed by atoms with van der Waals surface area (Å²) in [5.74, 6) is 0.449. The smallest absolute Gasteiger partial charge is 0.275 e. The fraction of sp³-hybridized carbons (Fsp3) is 0.667. The van der Waals surface area contributed by atoms with Crippen LogP contribution >= 0.6 is 0 Å². The summed E-state index contributed by atoms with van der Waals surface area (Å²) in [6, 6.07) is 0.325. The van der Waals surface area contributed by atoms with Gasteiger partial charge in [0.15, 0.2) is 5.69 Å². The number of amides is 1. The molecular weight excluding hydrogens is 194 g/mol. The van der Waals surface area contributed by atoms with Crippen molar-refractivity contribution in [2.24, 2.45) is 11.7 Å². The van der Waals surface area contributed by atoms with Crippen LogP contribution in [0.2, 0.25) is 0 Å². The van der Waals surface area contributed by atoms with Crippen LogP contribution < -0.4 is 5.73 Å². The molecule has 1 aliphatic carbocycles. The number of aromatic nitrogens is 3. The van der Waals surface area contributed by atoms with E-state index in [1.54, 1.807) is 11.9 Å². The highest BCUT2D eigenvalue weighted by Crippen LogP contribution is 2.26. The molecular formula is C9H15N5O. The van der Waals surface area contributed by atoms with Crippen molar-refractivity contribution < 1.29 is 4.79 Å². The topological polar surface area (TPSA) is 87.9 Å². The van der Waals surface area contributed by atoms with Crippen molar-refractivity contribution in [3.05, 3.63) is 11.9 Å². The summed E-state index contributed by atoms with van der Waals surface area (Å²) in [6.07, 6.45) is 3.46. The Labute approximate surface area is 87.8 Å². The molecule has 0 radical (unpaired) electrons. The Hall–Kier alpha value is -1.43. The minimum absolute atomic E-state index is 0.0933. The zero-order valence-corrected chi connectivity index (χ0v) is 8.68. The number of carbonyl (C=O) groups is 1. The molecule has 1 fully saturated rings. The average Bonchev–Trinajstić information content (AvgIpc) is 2.66. The molecule has 1 aromatic rings. The number of nitrogens with zero attached hydrogens (tertiary/aromatic N) is 3. The monoisotopic (exact) mass is 209 g/mol.